The molecule has 8 heteroatoms. The molecule has 0 saturated carbocycles. The number of rotatable bonds is 9. The maximum absolute atomic E-state index is 14.5. The Morgan fingerprint density at radius 1 is 1.18 bits per heavy atom. The Bertz CT molecular complexity index is 1070. The van der Waals surface area contributed by atoms with Crippen molar-refractivity contribution in [3.8, 4) is 0 Å². The summed E-state index contributed by atoms with van der Waals surface area (Å²) in [6.07, 6.45) is 9.08. The lowest BCUT2D eigenvalue weighted by Gasteiger charge is -2.35. The molecule has 0 radical (unpaired) electrons. The van der Waals surface area contributed by atoms with Gasteiger partial charge in [0.1, 0.15) is 17.5 Å². The highest BCUT2D eigenvalue weighted by Gasteiger charge is 2.21. The van der Waals surface area contributed by atoms with E-state index < -0.39 is 11.6 Å². The molecular formula is C26H33F2N5S. The van der Waals surface area contributed by atoms with Gasteiger partial charge in [-0.2, -0.15) is 0 Å². The van der Waals surface area contributed by atoms with Crippen molar-refractivity contribution in [3.05, 3.63) is 82.6 Å². The number of thiazole rings is 1. The molecule has 34 heavy (non-hydrogen) atoms. The number of nitrogen functional groups attached to an aromatic ring is 1. The summed E-state index contributed by atoms with van der Waals surface area (Å²) in [5.41, 5.74) is 8.53. The number of nitrogens with zero attached hydrogens (tertiary/aromatic N) is 3. The number of halogens is 2. The Kier molecular flexibility index (Phi) is 9.01. The molecule has 2 heterocycles. The van der Waals surface area contributed by atoms with Crippen molar-refractivity contribution in [3.63, 3.8) is 0 Å². The van der Waals surface area contributed by atoms with Crippen LogP contribution in [0.3, 0.4) is 0 Å². The van der Waals surface area contributed by atoms with Crippen molar-refractivity contribution in [1.82, 2.24) is 14.8 Å². The van der Waals surface area contributed by atoms with Crippen LogP contribution >= 0.6 is 11.3 Å². The number of likely N-dealkylation sites (N-methyl/N-ethyl adjacent to an activating group) is 1. The third-order valence-electron chi connectivity index (χ3n) is 5.74. The highest BCUT2D eigenvalue weighted by atomic mass is 32.1. The molecule has 1 aliphatic rings. The molecule has 5 nitrogen and oxygen atoms in total. The fourth-order valence-electron chi connectivity index (χ4n) is 3.86. The average molecular weight is 486 g/mol. The maximum atomic E-state index is 14.5. The molecule has 0 amide bonds. The highest BCUT2D eigenvalue weighted by Crippen LogP contribution is 2.38. The van der Waals surface area contributed by atoms with E-state index in [1.54, 1.807) is 12.2 Å². The minimum atomic E-state index is -0.630. The van der Waals surface area contributed by atoms with Gasteiger partial charge in [-0.1, -0.05) is 43.9 Å². The summed E-state index contributed by atoms with van der Waals surface area (Å²) in [4.78, 5) is 9.67. The summed E-state index contributed by atoms with van der Waals surface area (Å²) in [6, 6.07) is 3.84. The van der Waals surface area contributed by atoms with E-state index in [2.05, 4.69) is 46.7 Å². The van der Waals surface area contributed by atoms with Gasteiger partial charge in [0.2, 0.25) is 0 Å². The molecule has 182 valence electrons. The molecule has 0 aliphatic carbocycles. The summed E-state index contributed by atoms with van der Waals surface area (Å²) in [6.45, 7) is 12.1. The summed E-state index contributed by atoms with van der Waals surface area (Å²) < 4.78 is 29.0. The predicted octanol–water partition coefficient (Wildman–Crippen LogP) is 5.87. The normalized spacial score (nSPS) is 16.1. The third kappa shape index (κ3) is 6.12. The molecule has 2 aromatic rings. The van der Waals surface area contributed by atoms with Crippen molar-refractivity contribution in [1.29, 1.82) is 0 Å². The van der Waals surface area contributed by atoms with E-state index in [1.807, 2.05) is 13.0 Å². The van der Waals surface area contributed by atoms with Crippen molar-refractivity contribution >= 4 is 27.9 Å². The number of nitrogens with one attached hydrogen (secondary N) is 1. The van der Waals surface area contributed by atoms with Crippen LogP contribution < -0.4 is 11.1 Å². The van der Waals surface area contributed by atoms with E-state index in [4.69, 9.17) is 5.73 Å². The lowest BCUT2D eigenvalue weighted by atomic mass is 10.0. The second-order valence-corrected chi connectivity index (χ2v) is 9.11. The van der Waals surface area contributed by atoms with Gasteiger partial charge in [0.25, 0.3) is 0 Å². The third-order valence-corrected chi connectivity index (χ3v) is 6.76. The molecule has 3 N–H and O–H groups in total. The molecule has 0 bridgehead atoms. The Morgan fingerprint density at radius 2 is 1.85 bits per heavy atom. The van der Waals surface area contributed by atoms with Crippen LogP contribution in [0.25, 0.3) is 5.57 Å². The van der Waals surface area contributed by atoms with Gasteiger partial charge < -0.3 is 20.9 Å². The zero-order valence-corrected chi connectivity index (χ0v) is 20.9. The smallest absolute Gasteiger partial charge is 0.189 e. The van der Waals surface area contributed by atoms with E-state index in [0.717, 1.165) is 38.3 Å². The molecule has 0 spiro atoms. The minimum absolute atomic E-state index is 0.0894. The predicted molar refractivity (Wildman–Crippen MR) is 140 cm³/mol. The van der Waals surface area contributed by atoms with Gasteiger partial charge in [-0.05, 0) is 50.3 Å². The quantitative estimate of drug-likeness (QED) is 0.435. The Balaban J connectivity index is 1.86. The molecule has 0 atom stereocenters. The van der Waals surface area contributed by atoms with Gasteiger partial charge in [-0.3, -0.25) is 0 Å². The topological polar surface area (TPSA) is 57.4 Å². The zero-order valence-electron chi connectivity index (χ0n) is 20.1. The summed E-state index contributed by atoms with van der Waals surface area (Å²) in [5.74, 6) is -1.04. The summed E-state index contributed by atoms with van der Waals surface area (Å²) in [5, 5.41) is 3.77. The second-order valence-electron chi connectivity index (χ2n) is 8.11. The van der Waals surface area contributed by atoms with Gasteiger partial charge in [0, 0.05) is 43.1 Å². The van der Waals surface area contributed by atoms with Crippen molar-refractivity contribution in [2.75, 3.05) is 44.3 Å². The fraction of sp³-hybridized carbons (Fsp3) is 0.346. The average Bonchev–Trinajstić information content (AvgIpc) is 3.18. The van der Waals surface area contributed by atoms with Gasteiger partial charge in [0.05, 0.1) is 10.4 Å². The van der Waals surface area contributed by atoms with Crippen LogP contribution in [0.2, 0.25) is 0 Å². The maximum Gasteiger partial charge on any atom is 0.189 e. The number of allylic oxidation sites excluding steroid dienone is 5. The number of anilines is 2. The first-order valence-corrected chi connectivity index (χ1v) is 12.3. The SMILES string of the molecule is C=C/C(=C\C=C(/CC)N1CCN(C)CC1)Nc1nc(N)c(/C(=C\CC)c2c(F)cccc2F)s1. The van der Waals surface area contributed by atoms with E-state index >= 15 is 0 Å². The number of aromatic nitrogens is 1. The molecule has 1 aromatic heterocycles. The van der Waals surface area contributed by atoms with Crippen LogP contribution in [0.15, 0.2) is 60.5 Å². The van der Waals surface area contributed by atoms with Crippen LogP contribution in [0, 0.1) is 11.6 Å². The summed E-state index contributed by atoms with van der Waals surface area (Å²) >= 11 is 1.26. The van der Waals surface area contributed by atoms with E-state index in [0.29, 0.717) is 22.0 Å². The fourth-order valence-corrected chi connectivity index (χ4v) is 4.81. The Hall–Kier alpha value is -2.97. The minimum Gasteiger partial charge on any atom is -0.382 e. The van der Waals surface area contributed by atoms with Gasteiger partial charge in [-0.15, -0.1) is 0 Å². The van der Waals surface area contributed by atoms with Crippen LogP contribution in [0.5, 0.6) is 0 Å². The first-order chi connectivity index (χ1) is 16.4. The van der Waals surface area contributed by atoms with Gasteiger partial charge >= 0.3 is 0 Å². The summed E-state index contributed by atoms with van der Waals surface area (Å²) in [7, 11) is 2.14. The Labute approximate surface area is 205 Å². The standard InChI is InChI=1S/C26H33F2N5S/c1-5-9-20(23-21(27)10-8-11-22(23)28)24-25(29)31-26(34-24)30-18(6-2)12-13-19(7-3)33-16-14-32(4)15-17-33/h6,8-13H,2,5,7,14-17,29H2,1,3-4H3,(H,30,31)/b18-12+,19-13+,20-9-. The van der Waals surface area contributed by atoms with Crippen LogP contribution in [0.1, 0.15) is 37.1 Å². The van der Waals surface area contributed by atoms with Gasteiger partial charge in [0.15, 0.2) is 5.13 Å². The molecule has 3 rings (SSSR count). The van der Waals surface area contributed by atoms with Crippen molar-refractivity contribution < 1.29 is 8.78 Å². The largest absolute Gasteiger partial charge is 0.382 e. The van der Waals surface area contributed by atoms with Crippen molar-refractivity contribution in [2.45, 2.75) is 26.7 Å². The molecule has 1 aliphatic heterocycles. The number of nitrogens with two attached hydrogens (primary N) is 1. The number of benzene rings is 1. The van der Waals surface area contributed by atoms with E-state index in [9.17, 15) is 8.78 Å². The van der Waals surface area contributed by atoms with E-state index in [1.165, 1.54) is 35.2 Å². The Morgan fingerprint density at radius 3 is 2.44 bits per heavy atom. The first kappa shape index (κ1) is 25.6. The number of piperazine rings is 1. The number of hydrogen-bond donors (Lipinski definition) is 2. The van der Waals surface area contributed by atoms with Gasteiger partial charge in [-0.25, -0.2) is 13.8 Å². The zero-order chi connectivity index (χ0) is 24.7. The molecule has 1 saturated heterocycles. The van der Waals surface area contributed by atoms with E-state index in [-0.39, 0.29) is 11.4 Å². The lowest BCUT2D eigenvalue weighted by Crippen LogP contribution is -2.43. The van der Waals surface area contributed by atoms with Crippen molar-refractivity contribution in [2.24, 2.45) is 0 Å². The lowest BCUT2D eigenvalue weighted by molar-refractivity contribution is 0.183. The molecule has 1 fully saturated rings. The van der Waals surface area contributed by atoms with Crippen LogP contribution in [-0.2, 0) is 0 Å². The molecule has 1 aromatic carbocycles. The second kappa shape index (κ2) is 11.9. The highest BCUT2D eigenvalue weighted by molar-refractivity contribution is 7.17. The van der Waals surface area contributed by atoms with Crippen LogP contribution in [-0.4, -0.2) is 48.0 Å². The monoisotopic (exact) mass is 485 g/mol. The molecular weight excluding hydrogens is 452 g/mol. The first-order valence-electron chi connectivity index (χ1n) is 11.5. The van der Waals surface area contributed by atoms with Crippen LogP contribution in [0.4, 0.5) is 19.7 Å². The number of hydrogen-bond acceptors (Lipinski definition) is 6. The molecule has 0 unspecified atom stereocenters.